The number of hydrogen-bond donors (Lipinski definition) is 0. The van der Waals surface area contributed by atoms with Crippen molar-refractivity contribution in [2.45, 2.75) is 239 Å². The van der Waals surface area contributed by atoms with Crippen LogP contribution in [-0.2, 0) is 28.6 Å². The fourth-order valence-corrected chi connectivity index (χ4v) is 6.88. The van der Waals surface area contributed by atoms with Crippen molar-refractivity contribution in [2.75, 3.05) is 13.2 Å². The summed E-state index contributed by atoms with van der Waals surface area (Å²) in [5.74, 6) is -0.940. The summed E-state index contributed by atoms with van der Waals surface area (Å²) in [6.45, 7) is 6.44. The molecule has 1 atom stereocenters. The fraction of sp³-hybridized carbons (Fsp3) is 0.696. The van der Waals surface area contributed by atoms with Crippen LogP contribution in [0.5, 0.6) is 0 Å². The zero-order valence-electron chi connectivity index (χ0n) is 40.4. The molecule has 6 nitrogen and oxygen atoms in total. The van der Waals surface area contributed by atoms with Gasteiger partial charge in [0, 0.05) is 19.3 Å². The number of ether oxygens (including phenoxy) is 3. The van der Waals surface area contributed by atoms with Gasteiger partial charge in [-0.15, -0.1) is 0 Å². The van der Waals surface area contributed by atoms with Crippen molar-refractivity contribution in [1.29, 1.82) is 0 Å². The highest BCUT2D eigenvalue weighted by molar-refractivity contribution is 5.71. The first-order valence-corrected chi connectivity index (χ1v) is 25.6. The molecule has 354 valence electrons. The first kappa shape index (κ1) is 58.6. The molecule has 0 rings (SSSR count). The van der Waals surface area contributed by atoms with Crippen LogP contribution in [0.2, 0.25) is 0 Å². The van der Waals surface area contributed by atoms with Crippen LogP contribution in [0.1, 0.15) is 233 Å². The number of hydrogen-bond acceptors (Lipinski definition) is 6. The van der Waals surface area contributed by atoms with Crippen LogP contribution < -0.4 is 0 Å². The molecule has 0 aliphatic carbocycles. The van der Waals surface area contributed by atoms with E-state index in [2.05, 4.69) is 106 Å². The Morgan fingerprint density at radius 2 is 0.694 bits per heavy atom. The molecule has 0 heterocycles. The van der Waals surface area contributed by atoms with Crippen molar-refractivity contribution in [1.82, 2.24) is 0 Å². The molecule has 62 heavy (non-hydrogen) atoms. The van der Waals surface area contributed by atoms with Crippen molar-refractivity contribution in [3.63, 3.8) is 0 Å². The van der Waals surface area contributed by atoms with Gasteiger partial charge in [-0.05, 0) is 77.0 Å². The van der Waals surface area contributed by atoms with Crippen molar-refractivity contribution in [3.8, 4) is 0 Å². The summed E-state index contributed by atoms with van der Waals surface area (Å²) in [7, 11) is 0. The fourth-order valence-electron chi connectivity index (χ4n) is 6.88. The van der Waals surface area contributed by atoms with Crippen LogP contribution >= 0.6 is 0 Å². The standard InChI is InChI=1S/C56H94O6/c1-4-7-10-13-16-19-22-25-27-28-29-30-32-34-37-40-43-46-49-55(58)61-52-53(51-60-54(57)48-45-42-39-36-33-24-21-18-15-12-9-6-3)62-56(59)50-47-44-41-38-35-31-26-23-20-17-14-11-8-5-2/h8,11,16-17,19-20,22,25-31,53H,4-7,9-10,12-15,18,21,23-24,32-52H2,1-3H3/b11-8-,19-16-,20-17-,25-22-,28-27-,30-29-,31-26-. The lowest BCUT2D eigenvalue weighted by Crippen LogP contribution is -2.30. The van der Waals surface area contributed by atoms with Gasteiger partial charge in [-0.1, -0.05) is 221 Å². The minimum absolute atomic E-state index is 0.0927. The third kappa shape index (κ3) is 47.6. The van der Waals surface area contributed by atoms with Gasteiger partial charge in [-0.25, -0.2) is 0 Å². The van der Waals surface area contributed by atoms with Crippen LogP contribution in [0, 0.1) is 0 Å². The molecule has 0 aromatic heterocycles. The summed E-state index contributed by atoms with van der Waals surface area (Å²) in [4.78, 5) is 37.9. The van der Waals surface area contributed by atoms with Crippen LogP contribution in [0.3, 0.4) is 0 Å². The zero-order valence-corrected chi connectivity index (χ0v) is 40.4. The van der Waals surface area contributed by atoms with Gasteiger partial charge in [0.2, 0.25) is 0 Å². The summed E-state index contributed by atoms with van der Waals surface area (Å²) >= 11 is 0. The van der Waals surface area contributed by atoms with E-state index >= 15 is 0 Å². The van der Waals surface area contributed by atoms with Crippen molar-refractivity contribution >= 4 is 17.9 Å². The number of rotatable bonds is 45. The van der Waals surface area contributed by atoms with Crippen LogP contribution in [0.4, 0.5) is 0 Å². The largest absolute Gasteiger partial charge is 0.462 e. The average Bonchev–Trinajstić information content (AvgIpc) is 3.27. The van der Waals surface area contributed by atoms with E-state index in [0.29, 0.717) is 19.3 Å². The maximum Gasteiger partial charge on any atom is 0.306 e. The van der Waals surface area contributed by atoms with E-state index in [0.717, 1.165) is 116 Å². The van der Waals surface area contributed by atoms with E-state index < -0.39 is 6.10 Å². The number of carbonyl (C=O) groups excluding carboxylic acids is 3. The lowest BCUT2D eigenvalue weighted by molar-refractivity contribution is -0.167. The Morgan fingerprint density at radius 1 is 0.355 bits per heavy atom. The number of carbonyl (C=O) groups is 3. The SMILES string of the molecule is CC/C=C\C/C=C\C/C=C\CCCCCCC(=O)OC(COC(=O)CCCCCCC\C=C/C=C\C=C/C=C\CCCCC)COC(=O)CCCCCCCCCCCCCC. The highest BCUT2D eigenvalue weighted by Gasteiger charge is 2.19. The predicted octanol–water partition coefficient (Wildman–Crippen LogP) is 16.8. The Bertz CT molecular complexity index is 1220. The van der Waals surface area contributed by atoms with Crippen molar-refractivity contribution in [2.24, 2.45) is 0 Å². The first-order valence-electron chi connectivity index (χ1n) is 25.6. The minimum atomic E-state index is -0.796. The summed E-state index contributed by atoms with van der Waals surface area (Å²) in [5.41, 5.74) is 0. The molecular weight excluding hydrogens is 769 g/mol. The molecule has 0 N–H and O–H groups in total. The monoisotopic (exact) mass is 863 g/mol. The maximum absolute atomic E-state index is 12.8. The molecule has 0 fully saturated rings. The smallest absolute Gasteiger partial charge is 0.306 e. The minimum Gasteiger partial charge on any atom is -0.462 e. The molecule has 0 bridgehead atoms. The van der Waals surface area contributed by atoms with E-state index in [9.17, 15) is 14.4 Å². The molecular formula is C56H94O6. The Kier molecular flexibility index (Phi) is 47.5. The Hall–Kier alpha value is -3.41. The number of esters is 3. The van der Waals surface area contributed by atoms with Crippen LogP contribution in [0.15, 0.2) is 85.1 Å². The summed E-state index contributed by atoms with van der Waals surface area (Å²) in [6, 6.07) is 0. The molecule has 0 saturated carbocycles. The van der Waals surface area contributed by atoms with E-state index in [1.54, 1.807) is 0 Å². The molecule has 0 aromatic rings. The molecule has 0 amide bonds. The van der Waals surface area contributed by atoms with E-state index in [-0.39, 0.29) is 31.1 Å². The van der Waals surface area contributed by atoms with Gasteiger partial charge in [-0.3, -0.25) is 14.4 Å². The van der Waals surface area contributed by atoms with Crippen molar-refractivity contribution in [3.05, 3.63) is 85.1 Å². The third-order valence-electron chi connectivity index (χ3n) is 10.7. The van der Waals surface area contributed by atoms with Crippen molar-refractivity contribution < 1.29 is 28.6 Å². The van der Waals surface area contributed by atoms with Crippen LogP contribution in [0.25, 0.3) is 0 Å². The van der Waals surface area contributed by atoms with Gasteiger partial charge < -0.3 is 14.2 Å². The zero-order chi connectivity index (χ0) is 45.1. The second-order valence-corrected chi connectivity index (χ2v) is 16.8. The van der Waals surface area contributed by atoms with E-state index in [4.69, 9.17) is 14.2 Å². The topological polar surface area (TPSA) is 78.9 Å². The quantitative estimate of drug-likeness (QED) is 0.0199. The normalized spacial score (nSPS) is 12.8. The Labute approximate surface area is 382 Å². The van der Waals surface area contributed by atoms with Gasteiger partial charge in [0.15, 0.2) is 6.10 Å². The molecule has 0 aromatic carbocycles. The molecule has 0 spiro atoms. The summed E-state index contributed by atoms with van der Waals surface area (Å²) in [5, 5.41) is 0. The lowest BCUT2D eigenvalue weighted by atomic mass is 10.0. The summed E-state index contributed by atoms with van der Waals surface area (Å²) in [6.07, 6.45) is 64.1. The van der Waals surface area contributed by atoms with Crippen LogP contribution in [-0.4, -0.2) is 37.2 Å². The molecule has 0 saturated heterocycles. The van der Waals surface area contributed by atoms with Gasteiger partial charge in [0.25, 0.3) is 0 Å². The highest BCUT2D eigenvalue weighted by atomic mass is 16.6. The molecule has 1 unspecified atom stereocenters. The maximum atomic E-state index is 12.8. The number of allylic oxidation sites excluding steroid dienone is 14. The third-order valence-corrected chi connectivity index (χ3v) is 10.7. The molecule has 0 aliphatic heterocycles. The van der Waals surface area contributed by atoms with Gasteiger partial charge in [0.05, 0.1) is 0 Å². The molecule has 6 heteroatoms. The second kappa shape index (κ2) is 50.2. The van der Waals surface area contributed by atoms with E-state index in [1.807, 2.05) is 0 Å². The van der Waals surface area contributed by atoms with E-state index in [1.165, 1.54) is 77.0 Å². The highest BCUT2D eigenvalue weighted by Crippen LogP contribution is 2.14. The molecule has 0 radical (unpaired) electrons. The van der Waals surface area contributed by atoms with Gasteiger partial charge in [-0.2, -0.15) is 0 Å². The Balaban J connectivity index is 4.46. The Morgan fingerprint density at radius 3 is 1.16 bits per heavy atom. The molecule has 0 aliphatic rings. The van der Waals surface area contributed by atoms with Gasteiger partial charge >= 0.3 is 17.9 Å². The first-order chi connectivity index (χ1) is 30.5. The second-order valence-electron chi connectivity index (χ2n) is 16.8. The average molecular weight is 863 g/mol. The van der Waals surface area contributed by atoms with Gasteiger partial charge in [0.1, 0.15) is 13.2 Å². The summed E-state index contributed by atoms with van der Waals surface area (Å²) < 4.78 is 16.8. The predicted molar refractivity (Wildman–Crippen MR) is 265 cm³/mol. The number of unbranched alkanes of at least 4 members (excludes halogenated alkanes) is 23. The lowest BCUT2D eigenvalue weighted by Gasteiger charge is -2.18.